The van der Waals surface area contributed by atoms with Crippen molar-refractivity contribution in [3.63, 3.8) is 0 Å². The van der Waals surface area contributed by atoms with Crippen molar-refractivity contribution in [3.05, 3.63) is 53.9 Å². The standard InChI is InChI=1S/C13H17N3/c1-13(2,11-6-4-3-5-7-11)14-10-12-8-9-15-16-12/h3-9,14H,10H2,1-2H3,(H,15,16). The Kier molecular flexibility index (Phi) is 3.06. The molecule has 2 aromatic rings. The van der Waals surface area contributed by atoms with Crippen LogP contribution in [-0.2, 0) is 12.1 Å². The first-order chi connectivity index (χ1) is 7.68. The van der Waals surface area contributed by atoms with Gasteiger partial charge in [-0.05, 0) is 25.5 Å². The topological polar surface area (TPSA) is 40.7 Å². The molecule has 0 unspecified atom stereocenters. The van der Waals surface area contributed by atoms with Gasteiger partial charge in [-0.15, -0.1) is 0 Å². The minimum Gasteiger partial charge on any atom is -0.302 e. The van der Waals surface area contributed by atoms with E-state index in [4.69, 9.17) is 0 Å². The van der Waals surface area contributed by atoms with E-state index in [2.05, 4.69) is 53.6 Å². The van der Waals surface area contributed by atoms with Gasteiger partial charge in [-0.1, -0.05) is 30.3 Å². The molecule has 0 spiro atoms. The van der Waals surface area contributed by atoms with Crippen LogP contribution >= 0.6 is 0 Å². The summed E-state index contributed by atoms with van der Waals surface area (Å²) in [4.78, 5) is 0. The number of benzene rings is 1. The molecule has 0 bridgehead atoms. The lowest BCUT2D eigenvalue weighted by Gasteiger charge is -2.26. The van der Waals surface area contributed by atoms with Gasteiger partial charge in [0.15, 0.2) is 0 Å². The van der Waals surface area contributed by atoms with Gasteiger partial charge >= 0.3 is 0 Å². The van der Waals surface area contributed by atoms with E-state index in [1.165, 1.54) is 5.56 Å². The highest BCUT2D eigenvalue weighted by Crippen LogP contribution is 2.19. The van der Waals surface area contributed by atoms with E-state index < -0.39 is 0 Å². The Labute approximate surface area is 95.9 Å². The van der Waals surface area contributed by atoms with E-state index in [0.717, 1.165) is 12.2 Å². The minimum absolute atomic E-state index is 0.0353. The van der Waals surface area contributed by atoms with Crippen molar-refractivity contribution in [1.82, 2.24) is 15.5 Å². The predicted molar refractivity (Wildman–Crippen MR) is 64.9 cm³/mol. The lowest BCUT2D eigenvalue weighted by molar-refractivity contribution is 0.398. The second-order valence-electron chi connectivity index (χ2n) is 4.43. The van der Waals surface area contributed by atoms with E-state index >= 15 is 0 Å². The number of hydrogen-bond donors (Lipinski definition) is 2. The van der Waals surface area contributed by atoms with E-state index in [-0.39, 0.29) is 5.54 Å². The Hall–Kier alpha value is -1.61. The zero-order valence-electron chi connectivity index (χ0n) is 9.70. The maximum Gasteiger partial charge on any atom is 0.0490 e. The van der Waals surface area contributed by atoms with Gasteiger partial charge in [0.05, 0.1) is 0 Å². The third-order valence-electron chi connectivity index (χ3n) is 2.77. The Morgan fingerprint density at radius 2 is 1.94 bits per heavy atom. The summed E-state index contributed by atoms with van der Waals surface area (Å²) in [6.45, 7) is 5.15. The third kappa shape index (κ3) is 2.49. The molecule has 1 heterocycles. The molecule has 16 heavy (non-hydrogen) atoms. The molecule has 3 nitrogen and oxygen atoms in total. The number of hydrogen-bond acceptors (Lipinski definition) is 2. The van der Waals surface area contributed by atoms with Crippen LogP contribution in [0.5, 0.6) is 0 Å². The highest BCUT2D eigenvalue weighted by Gasteiger charge is 2.18. The molecule has 2 rings (SSSR count). The van der Waals surface area contributed by atoms with Crippen LogP contribution in [0.2, 0.25) is 0 Å². The fourth-order valence-electron chi connectivity index (χ4n) is 1.66. The fraction of sp³-hybridized carbons (Fsp3) is 0.308. The zero-order valence-corrected chi connectivity index (χ0v) is 9.70. The summed E-state index contributed by atoms with van der Waals surface area (Å²) in [5.74, 6) is 0. The van der Waals surface area contributed by atoms with Gasteiger partial charge in [-0.2, -0.15) is 5.10 Å². The molecular weight excluding hydrogens is 198 g/mol. The summed E-state index contributed by atoms with van der Waals surface area (Å²) in [6.07, 6.45) is 1.77. The van der Waals surface area contributed by atoms with Crippen LogP contribution in [0.1, 0.15) is 25.1 Å². The molecule has 0 saturated heterocycles. The zero-order chi connectivity index (χ0) is 11.4. The molecule has 0 aliphatic rings. The summed E-state index contributed by atoms with van der Waals surface area (Å²) in [7, 11) is 0. The molecule has 2 N–H and O–H groups in total. The first-order valence-corrected chi connectivity index (χ1v) is 5.47. The number of nitrogens with one attached hydrogen (secondary N) is 2. The highest BCUT2D eigenvalue weighted by molar-refractivity contribution is 5.22. The molecule has 0 aliphatic carbocycles. The molecule has 1 aromatic heterocycles. The first-order valence-electron chi connectivity index (χ1n) is 5.47. The second-order valence-corrected chi connectivity index (χ2v) is 4.43. The van der Waals surface area contributed by atoms with Crippen molar-refractivity contribution in [1.29, 1.82) is 0 Å². The van der Waals surface area contributed by atoms with Crippen LogP contribution < -0.4 is 5.32 Å². The average molecular weight is 215 g/mol. The van der Waals surface area contributed by atoms with Crippen molar-refractivity contribution in [3.8, 4) is 0 Å². The van der Waals surface area contributed by atoms with Crippen LogP contribution in [0.4, 0.5) is 0 Å². The van der Waals surface area contributed by atoms with Crippen molar-refractivity contribution in [2.45, 2.75) is 25.9 Å². The van der Waals surface area contributed by atoms with E-state index in [9.17, 15) is 0 Å². The fourth-order valence-corrected chi connectivity index (χ4v) is 1.66. The maximum absolute atomic E-state index is 3.93. The largest absolute Gasteiger partial charge is 0.302 e. The van der Waals surface area contributed by atoms with Crippen LogP contribution in [0.25, 0.3) is 0 Å². The summed E-state index contributed by atoms with van der Waals surface area (Å²) < 4.78 is 0. The van der Waals surface area contributed by atoms with Crippen LogP contribution in [-0.4, -0.2) is 10.2 Å². The van der Waals surface area contributed by atoms with E-state index in [1.54, 1.807) is 6.20 Å². The summed E-state index contributed by atoms with van der Waals surface area (Å²) in [5.41, 5.74) is 2.35. The highest BCUT2D eigenvalue weighted by atomic mass is 15.1. The number of aromatic nitrogens is 2. The third-order valence-corrected chi connectivity index (χ3v) is 2.77. The second kappa shape index (κ2) is 4.49. The van der Waals surface area contributed by atoms with Crippen molar-refractivity contribution < 1.29 is 0 Å². The smallest absolute Gasteiger partial charge is 0.0490 e. The predicted octanol–water partition coefficient (Wildman–Crippen LogP) is 2.43. The lowest BCUT2D eigenvalue weighted by atomic mass is 9.94. The summed E-state index contributed by atoms with van der Waals surface area (Å²) >= 11 is 0. The Balaban J connectivity index is 2.03. The summed E-state index contributed by atoms with van der Waals surface area (Å²) in [6, 6.07) is 12.4. The van der Waals surface area contributed by atoms with Gasteiger partial charge in [0.25, 0.3) is 0 Å². The Morgan fingerprint density at radius 3 is 2.56 bits per heavy atom. The van der Waals surface area contributed by atoms with Crippen molar-refractivity contribution in [2.24, 2.45) is 0 Å². The van der Waals surface area contributed by atoms with Gasteiger partial charge in [-0.25, -0.2) is 0 Å². The number of H-pyrrole nitrogens is 1. The lowest BCUT2D eigenvalue weighted by Crippen LogP contribution is -2.35. The van der Waals surface area contributed by atoms with Gasteiger partial charge in [0, 0.05) is 24.0 Å². The Morgan fingerprint density at radius 1 is 1.19 bits per heavy atom. The number of rotatable bonds is 4. The molecule has 1 aromatic carbocycles. The number of aromatic amines is 1. The van der Waals surface area contributed by atoms with Crippen LogP contribution in [0.3, 0.4) is 0 Å². The minimum atomic E-state index is -0.0353. The van der Waals surface area contributed by atoms with Gasteiger partial charge in [-0.3, -0.25) is 5.10 Å². The molecule has 0 radical (unpaired) electrons. The van der Waals surface area contributed by atoms with Crippen LogP contribution in [0.15, 0.2) is 42.6 Å². The van der Waals surface area contributed by atoms with Gasteiger partial charge in [0.1, 0.15) is 0 Å². The molecule has 0 saturated carbocycles. The molecule has 0 atom stereocenters. The van der Waals surface area contributed by atoms with Gasteiger partial charge < -0.3 is 5.32 Å². The Bertz CT molecular complexity index is 418. The summed E-state index contributed by atoms with van der Waals surface area (Å²) in [5, 5.41) is 10.4. The van der Waals surface area contributed by atoms with Gasteiger partial charge in [0.2, 0.25) is 0 Å². The molecular formula is C13H17N3. The first kappa shape index (κ1) is 10.9. The van der Waals surface area contributed by atoms with Crippen molar-refractivity contribution in [2.75, 3.05) is 0 Å². The van der Waals surface area contributed by atoms with Crippen molar-refractivity contribution >= 4 is 0 Å². The monoisotopic (exact) mass is 215 g/mol. The molecule has 0 amide bonds. The normalized spacial score (nSPS) is 11.6. The quantitative estimate of drug-likeness (QED) is 0.822. The molecule has 0 fully saturated rings. The van der Waals surface area contributed by atoms with Crippen LogP contribution in [0, 0.1) is 0 Å². The molecule has 3 heteroatoms. The maximum atomic E-state index is 3.93. The molecule has 0 aliphatic heterocycles. The van der Waals surface area contributed by atoms with E-state index in [1.807, 2.05) is 12.1 Å². The number of nitrogens with zero attached hydrogens (tertiary/aromatic N) is 1. The molecule has 84 valence electrons. The SMILES string of the molecule is CC(C)(NCc1ccn[nH]1)c1ccccc1. The average Bonchev–Trinajstić information content (AvgIpc) is 2.81. The van der Waals surface area contributed by atoms with E-state index in [0.29, 0.717) is 0 Å².